The van der Waals surface area contributed by atoms with Crippen molar-refractivity contribution in [3.05, 3.63) is 83.9 Å². The van der Waals surface area contributed by atoms with E-state index in [1.165, 1.54) is 6.08 Å². The Balaban J connectivity index is 1.31. The van der Waals surface area contributed by atoms with Crippen molar-refractivity contribution in [3.8, 4) is 23.0 Å². The lowest BCUT2D eigenvalue weighted by Gasteiger charge is -2.18. The molecule has 2 N–H and O–H groups in total. The van der Waals surface area contributed by atoms with E-state index in [0.29, 0.717) is 34.2 Å². The molecule has 0 radical (unpaired) electrons. The minimum atomic E-state index is -0.898. The van der Waals surface area contributed by atoms with Gasteiger partial charge in [-0.15, -0.1) is 0 Å². The number of carbonyl (C=O) groups excluding carboxylic acids is 2. The highest BCUT2D eigenvalue weighted by Gasteiger charge is 2.23. The second kappa shape index (κ2) is 8.96. The fraction of sp³-hybridized carbons (Fsp3) is 0.120. The van der Waals surface area contributed by atoms with Crippen LogP contribution in [0.25, 0.3) is 6.08 Å². The largest absolute Gasteiger partial charge is 0.454 e. The molecule has 0 saturated heterocycles. The molecule has 0 aliphatic carbocycles. The first kappa shape index (κ1) is 20.4. The molecule has 166 valence electrons. The molecule has 2 aliphatic rings. The molecule has 3 aromatic carbocycles. The van der Waals surface area contributed by atoms with Crippen LogP contribution in [0.4, 0.5) is 5.69 Å². The Labute approximate surface area is 189 Å². The molecular formula is C25H20N2O6. The van der Waals surface area contributed by atoms with Crippen LogP contribution in [-0.2, 0) is 9.59 Å². The summed E-state index contributed by atoms with van der Waals surface area (Å²) in [5.41, 5.74) is 1.96. The van der Waals surface area contributed by atoms with E-state index in [1.807, 2.05) is 24.3 Å². The minimum Gasteiger partial charge on any atom is -0.454 e. The van der Waals surface area contributed by atoms with E-state index in [1.54, 1.807) is 48.5 Å². The molecule has 33 heavy (non-hydrogen) atoms. The van der Waals surface area contributed by atoms with E-state index in [9.17, 15) is 9.59 Å². The smallest absolute Gasteiger partial charge is 0.251 e. The molecule has 1 atom stereocenters. The number of amides is 2. The van der Waals surface area contributed by atoms with Crippen molar-refractivity contribution in [3.63, 3.8) is 0 Å². The lowest BCUT2D eigenvalue weighted by Crippen LogP contribution is -2.36. The number of nitrogens with one attached hydrogen (secondary N) is 2. The van der Waals surface area contributed by atoms with Gasteiger partial charge in [-0.05, 0) is 41.5 Å². The highest BCUT2D eigenvalue weighted by Crippen LogP contribution is 2.35. The van der Waals surface area contributed by atoms with Crippen molar-refractivity contribution in [2.75, 3.05) is 18.9 Å². The summed E-state index contributed by atoms with van der Waals surface area (Å²) in [4.78, 5) is 25.8. The molecule has 2 heterocycles. The molecule has 0 aromatic heterocycles. The van der Waals surface area contributed by atoms with E-state index in [4.69, 9.17) is 18.9 Å². The van der Waals surface area contributed by atoms with Crippen molar-refractivity contribution in [1.29, 1.82) is 0 Å². The molecule has 5 rings (SSSR count). The van der Waals surface area contributed by atoms with Gasteiger partial charge in [0.05, 0.1) is 0 Å². The van der Waals surface area contributed by atoms with E-state index < -0.39 is 11.9 Å². The molecular weight excluding hydrogens is 424 g/mol. The molecule has 8 nitrogen and oxygen atoms in total. The first-order chi connectivity index (χ1) is 16.2. The second-order valence-electron chi connectivity index (χ2n) is 7.36. The molecule has 0 fully saturated rings. The van der Waals surface area contributed by atoms with Gasteiger partial charge in [0.25, 0.3) is 5.91 Å². The number of rotatable bonds is 6. The topological polar surface area (TPSA) is 95.1 Å². The van der Waals surface area contributed by atoms with E-state index in [2.05, 4.69) is 10.6 Å². The van der Waals surface area contributed by atoms with E-state index in [0.717, 1.165) is 5.56 Å². The molecule has 0 unspecified atom stereocenters. The van der Waals surface area contributed by atoms with Crippen molar-refractivity contribution in [2.24, 2.45) is 0 Å². The molecule has 0 bridgehead atoms. The first-order valence-corrected chi connectivity index (χ1v) is 10.3. The van der Waals surface area contributed by atoms with Crippen LogP contribution in [0, 0.1) is 0 Å². The number of hydrogen-bond acceptors (Lipinski definition) is 6. The third-order valence-electron chi connectivity index (χ3n) is 5.15. The van der Waals surface area contributed by atoms with Crippen LogP contribution in [-0.4, -0.2) is 25.4 Å². The summed E-state index contributed by atoms with van der Waals surface area (Å²) in [7, 11) is 0. The third kappa shape index (κ3) is 4.59. The zero-order chi connectivity index (χ0) is 22.6. The van der Waals surface area contributed by atoms with Gasteiger partial charge in [0.2, 0.25) is 19.5 Å². The SMILES string of the molecule is O=C(/C=C/c1ccc2c(c1)OCO2)N[C@@H](C(=O)Nc1ccc2c(c1)OCO2)c1ccccc1. The summed E-state index contributed by atoms with van der Waals surface area (Å²) in [5, 5.41) is 5.61. The van der Waals surface area contributed by atoms with Gasteiger partial charge in [-0.25, -0.2) is 0 Å². The Morgan fingerprint density at radius 2 is 1.45 bits per heavy atom. The van der Waals surface area contributed by atoms with Gasteiger partial charge in [-0.1, -0.05) is 36.4 Å². The van der Waals surface area contributed by atoms with Crippen LogP contribution in [0.2, 0.25) is 0 Å². The lowest BCUT2D eigenvalue weighted by atomic mass is 10.1. The number of benzene rings is 3. The highest BCUT2D eigenvalue weighted by molar-refractivity contribution is 6.00. The first-order valence-electron chi connectivity index (χ1n) is 10.3. The number of carbonyl (C=O) groups is 2. The molecule has 0 spiro atoms. The minimum absolute atomic E-state index is 0.144. The summed E-state index contributed by atoms with van der Waals surface area (Å²) < 4.78 is 21.3. The maximum Gasteiger partial charge on any atom is 0.251 e. The Morgan fingerprint density at radius 3 is 2.21 bits per heavy atom. The number of hydrogen-bond donors (Lipinski definition) is 2. The average molecular weight is 444 g/mol. The van der Waals surface area contributed by atoms with Gasteiger partial charge in [0.15, 0.2) is 23.0 Å². The summed E-state index contributed by atoms with van der Waals surface area (Å²) in [5.74, 6) is 1.67. The van der Waals surface area contributed by atoms with Crippen LogP contribution in [0.1, 0.15) is 17.2 Å². The molecule has 2 aliphatic heterocycles. The monoisotopic (exact) mass is 444 g/mol. The highest BCUT2D eigenvalue weighted by atomic mass is 16.7. The maximum absolute atomic E-state index is 13.1. The van der Waals surface area contributed by atoms with Gasteiger partial charge in [-0.2, -0.15) is 0 Å². The molecule has 0 saturated carbocycles. The Kier molecular flexibility index (Phi) is 5.55. The van der Waals surface area contributed by atoms with Crippen LogP contribution in [0.5, 0.6) is 23.0 Å². The number of anilines is 1. The Morgan fingerprint density at radius 1 is 0.788 bits per heavy atom. The van der Waals surface area contributed by atoms with Gasteiger partial charge in [0.1, 0.15) is 6.04 Å². The number of fused-ring (bicyclic) bond motifs is 2. The van der Waals surface area contributed by atoms with Crippen LogP contribution >= 0.6 is 0 Å². The van der Waals surface area contributed by atoms with Gasteiger partial charge in [0, 0.05) is 17.8 Å². The van der Waals surface area contributed by atoms with Gasteiger partial charge >= 0.3 is 0 Å². The molecule has 3 aromatic rings. The number of ether oxygens (including phenoxy) is 4. The zero-order valence-corrected chi connectivity index (χ0v) is 17.4. The maximum atomic E-state index is 13.1. The van der Waals surface area contributed by atoms with Crippen LogP contribution in [0.3, 0.4) is 0 Å². The van der Waals surface area contributed by atoms with Crippen molar-refractivity contribution in [2.45, 2.75) is 6.04 Å². The summed E-state index contributed by atoms with van der Waals surface area (Å²) in [6, 6.07) is 18.6. The summed E-state index contributed by atoms with van der Waals surface area (Å²) in [6.45, 7) is 0.325. The predicted octanol–water partition coefficient (Wildman–Crippen LogP) is 3.65. The second-order valence-corrected chi connectivity index (χ2v) is 7.36. The van der Waals surface area contributed by atoms with Crippen LogP contribution in [0.15, 0.2) is 72.8 Å². The molecule has 2 amide bonds. The fourth-order valence-electron chi connectivity index (χ4n) is 3.51. The Hall–Kier alpha value is -4.46. The third-order valence-corrected chi connectivity index (χ3v) is 5.15. The van der Waals surface area contributed by atoms with Gasteiger partial charge < -0.3 is 29.6 Å². The zero-order valence-electron chi connectivity index (χ0n) is 17.4. The van der Waals surface area contributed by atoms with Crippen molar-refractivity contribution in [1.82, 2.24) is 5.32 Å². The van der Waals surface area contributed by atoms with Gasteiger partial charge in [-0.3, -0.25) is 9.59 Å². The molecule has 8 heteroatoms. The standard InChI is InChI=1S/C25H20N2O6/c28-23(11-7-16-6-9-19-21(12-16)32-14-30-19)27-24(17-4-2-1-3-5-17)25(29)26-18-8-10-20-22(13-18)33-15-31-20/h1-13,24H,14-15H2,(H,26,29)(H,27,28)/b11-7+/t24-/m1/s1. The van der Waals surface area contributed by atoms with E-state index in [-0.39, 0.29) is 19.5 Å². The fourth-order valence-corrected chi connectivity index (χ4v) is 3.51. The van der Waals surface area contributed by atoms with E-state index >= 15 is 0 Å². The average Bonchev–Trinajstić information content (AvgIpc) is 3.50. The van der Waals surface area contributed by atoms with Crippen LogP contribution < -0.4 is 29.6 Å². The Bertz CT molecular complexity index is 1220. The summed E-state index contributed by atoms with van der Waals surface area (Å²) >= 11 is 0. The lowest BCUT2D eigenvalue weighted by molar-refractivity contribution is -0.123. The van der Waals surface area contributed by atoms with Crippen molar-refractivity contribution < 1.29 is 28.5 Å². The van der Waals surface area contributed by atoms with Crippen molar-refractivity contribution >= 4 is 23.6 Å². The normalized spacial score (nSPS) is 14.2. The predicted molar refractivity (Wildman–Crippen MR) is 120 cm³/mol. The summed E-state index contributed by atoms with van der Waals surface area (Å²) in [6.07, 6.45) is 3.02. The quantitative estimate of drug-likeness (QED) is 0.564.